The lowest BCUT2D eigenvalue weighted by molar-refractivity contribution is -0.118. The Bertz CT molecular complexity index is 369. The highest BCUT2D eigenvalue weighted by Gasteiger charge is 2.47. The van der Waals surface area contributed by atoms with E-state index in [-0.39, 0.29) is 6.10 Å². The molecule has 1 N–H and O–H groups in total. The summed E-state index contributed by atoms with van der Waals surface area (Å²) in [5.74, 6) is 4.23. The smallest absolute Gasteiger partial charge is 0.129 e. The lowest BCUT2D eigenvalue weighted by atomic mass is 9.55. The second-order valence-corrected chi connectivity index (χ2v) is 8.81. The Labute approximate surface area is 143 Å². The van der Waals surface area contributed by atoms with Crippen LogP contribution in [0.3, 0.4) is 0 Å². The van der Waals surface area contributed by atoms with E-state index < -0.39 is 0 Å². The summed E-state index contributed by atoms with van der Waals surface area (Å²) in [4.78, 5) is 11.6. The van der Waals surface area contributed by atoms with Crippen molar-refractivity contribution in [2.75, 3.05) is 0 Å². The number of rotatable bonds is 5. The Hall–Kier alpha value is -0.370. The average Bonchev–Trinajstić information content (AvgIpc) is 2.54. The number of aliphatic hydroxyl groups excluding tert-OH is 1. The van der Waals surface area contributed by atoms with Gasteiger partial charge in [-0.15, -0.1) is 0 Å². The first-order chi connectivity index (χ1) is 10.8. The van der Waals surface area contributed by atoms with Crippen LogP contribution < -0.4 is 0 Å². The van der Waals surface area contributed by atoms with Crippen LogP contribution in [0.5, 0.6) is 0 Å². The van der Waals surface area contributed by atoms with E-state index in [1.54, 1.807) is 6.92 Å². The number of aliphatic hydroxyl groups is 1. The van der Waals surface area contributed by atoms with Crippen LogP contribution in [-0.4, -0.2) is 17.0 Å². The summed E-state index contributed by atoms with van der Waals surface area (Å²) in [5.41, 5.74) is 0. The molecule has 0 radical (unpaired) electrons. The summed E-state index contributed by atoms with van der Waals surface area (Å²) in [7, 11) is 0. The van der Waals surface area contributed by atoms with Gasteiger partial charge in [-0.1, -0.05) is 59.8 Å². The highest BCUT2D eigenvalue weighted by Crippen LogP contribution is 2.50. The van der Waals surface area contributed by atoms with Gasteiger partial charge in [-0.25, -0.2) is 0 Å². The molecule has 2 aliphatic carbocycles. The van der Waals surface area contributed by atoms with Crippen molar-refractivity contribution in [2.24, 2.45) is 41.4 Å². The van der Waals surface area contributed by atoms with Gasteiger partial charge >= 0.3 is 0 Å². The second-order valence-electron chi connectivity index (χ2n) is 8.81. The maximum atomic E-state index is 11.6. The van der Waals surface area contributed by atoms with Crippen molar-refractivity contribution < 1.29 is 9.90 Å². The van der Waals surface area contributed by atoms with Crippen LogP contribution in [0.4, 0.5) is 0 Å². The molecule has 2 fully saturated rings. The van der Waals surface area contributed by atoms with Crippen LogP contribution in [0.2, 0.25) is 0 Å². The summed E-state index contributed by atoms with van der Waals surface area (Å²) in [5, 5.41) is 10.8. The third kappa shape index (κ3) is 4.18. The van der Waals surface area contributed by atoms with Gasteiger partial charge in [0.2, 0.25) is 0 Å². The van der Waals surface area contributed by atoms with Crippen molar-refractivity contribution in [3.05, 3.63) is 0 Å². The summed E-state index contributed by atoms with van der Waals surface area (Å²) in [6.07, 6.45) is 8.31. The quantitative estimate of drug-likeness (QED) is 0.765. The Balaban J connectivity index is 2.22. The van der Waals surface area contributed by atoms with Gasteiger partial charge in [0.1, 0.15) is 5.78 Å². The van der Waals surface area contributed by atoms with Crippen LogP contribution >= 0.6 is 0 Å². The molecule has 0 saturated heterocycles. The summed E-state index contributed by atoms with van der Waals surface area (Å²) >= 11 is 0. The van der Waals surface area contributed by atoms with Gasteiger partial charge in [0.25, 0.3) is 0 Å². The maximum Gasteiger partial charge on any atom is 0.129 e. The molecule has 2 nitrogen and oxygen atoms in total. The molecule has 2 aliphatic rings. The first-order valence-corrected chi connectivity index (χ1v) is 10.0. The average molecular weight is 323 g/mol. The Morgan fingerprint density at radius 1 is 0.957 bits per heavy atom. The molecule has 0 aliphatic heterocycles. The third-order valence-electron chi connectivity index (χ3n) is 7.53. The number of hydrogen-bond acceptors (Lipinski definition) is 2. The summed E-state index contributed by atoms with van der Waals surface area (Å²) < 4.78 is 0. The lowest BCUT2D eigenvalue weighted by Crippen LogP contribution is -2.49. The molecule has 0 amide bonds. The minimum Gasteiger partial charge on any atom is -0.393 e. The standard InChI is InChI=1S/C21H38O2/c1-13(22)11-12-19(18-9-7-6-8-10-18)20-15(3)14(2)16(4)21(23)17(20)5/h14-21,23H,6-12H2,1-5H3. The predicted molar refractivity (Wildman–Crippen MR) is 96.1 cm³/mol. The molecule has 2 rings (SSSR count). The van der Waals surface area contributed by atoms with E-state index in [9.17, 15) is 9.90 Å². The van der Waals surface area contributed by atoms with E-state index in [4.69, 9.17) is 0 Å². The van der Waals surface area contributed by atoms with E-state index in [0.29, 0.717) is 41.3 Å². The van der Waals surface area contributed by atoms with Crippen LogP contribution in [-0.2, 0) is 4.79 Å². The van der Waals surface area contributed by atoms with Crippen molar-refractivity contribution >= 4 is 5.78 Å². The zero-order valence-corrected chi connectivity index (χ0v) is 15.9. The van der Waals surface area contributed by atoms with Gasteiger partial charge in [-0.05, 0) is 54.8 Å². The van der Waals surface area contributed by atoms with Crippen LogP contribution in [0, 0.1) is 41.4 Å². The lowest BCUT2D eigenvalue weighted by Gasteiger charge is -2.51. The predicted octanol–water partition coefficient (Wildman–Crippen LogP) is 5.09. The van der Waals surface area contributed by atoms with Crippen molar-refractivity contribution in [3.8, 4) is 0 Å². The van der Waals surface area contributed by atoms with Gasteiger partial charge in [0, 0.05) is 6.42 Å². The fourth-order valence-electron chi connectivity index (χ4n) is 5.78. The largest absolute Gasteiger partial charge is 0.393 e. The maximum absolute atomic E-state index is 11.6. The molecule has 0 aromatic rings. The molecule has 7 unspecified atom stereocenters. The third-order valence-corrected chi connectivity index (χ3v) is 7.53. The van der Waals surface area contributed by atoms with Crippen molar-refractivity contribution in [3.63, 3.8) is 0 Å². The summed E-state index contributed by atoms with van der Waals surface area (Å²) in [6.45, 7) is 10.9. The van der Waals surface area contributed by atoms with E-state index >= 15 is 0 Å². The molecule has 134 valence electrons. The number of carbonyl (C=O) groups is 1. The Morgan fingerprint density at radius 3 is 2.13 bits per heavy atom. The number of hydrogen-bond donors (Lipinski definition) is 1. The second kappa shape index (κ2) is 8.14. The number of carbonyl (C=O) groups excluding carboxylic acids is 1. The van der Waals surface area contributed by atoms with E-state index in [1.165, 1.54) is 32.1 Å². The zero-order chi connectivity index (χ0) is 17.1. The van der Waals surface area contributed by atoms with Gasteiger partial charge < -0.3 is 9.90 Å². The molecule has 0 aromatic heterocycles. The SMILES string of the molecule is CC(=O)CCC(C1CCCCC1)C1C(C)C(C)C(C)C(O)C1C. The van der Waals surface area contributed by atoms with Crippen LogP contribution in [0.25, 0.3) is 0 Å². The fourth-order valence-corrected chi connectivity index (χ4v) is 5.78. The molecule has 0 aromatic carbocycles. The van der Waals surface area contributed by atoms with Crippen molar-refractivity contribution in [2.45, 2.75) is 85.7 Å². The van der Waals surface area contributed by atoms with Crippen molar-refractivity contribution in [1.29, 1.82) is 0 Å². The van der Waals surface area contributed by atoms with E-state index in [1.807, 2.05) is 0 Å². The monoisotopic (exact) mass is 322 g/mol. The molecule has 0 bridgehead atoms. The van der Waals surface area contributed by atoms with Crippen LogP contribution in [0.15, 0.2) is 0 Å². The Morgan fingerprint density at radius 2 is 1.57 bits per heavy atom. The van der Waals surface area contributed by atoms with Gasteiger partial charge in [-0.3, -0.25) is 0 Å². The van der Waals surface area contributed by atoms with Crippen LogP contribution in [0.1, 0.15) is 79.6 Å². The summed E-state index contributed by atoms with van der Waals surface area (Å²) in [6, 6.07) is 0. The number of ketones is 1. The first-order valence-electron chi connectivity index (χ1n) is 10.0. The normalized spacial score (nSPS) is 40.8. The van der Waals surface area contributed by atoms with Gasteiger partial charge in [-0.2, -0.15) is 0 Å². The van der Waals surface area contributed by atoms with Crippen molar-refractivity contribution in [1.82, 2.24) is 0 Å². The highest BCUT2D eigenvalue weighted by molar-refractivity contribution is 5.75. The zero-order valence-electron chi connectivity index (χ0n) is 15.9. The molecular weight excluding hydrogens is 284 g/mol. The molecule has 0 spiro atoms. The fraction of sp³-hybridized carbons (Fsp3) is 0.952. The molecule has 0 heterocycles. The van der Waals surface area contributed by atoms with E-state index in [2.05, 4.69) is 27.7 Å². The number of Topliss-reactive ketones (excluding diaryl/α,β-unsaturated/α-hetero) is 1. The minimum atomic E-state index is -0.186. The molecule has 2 saturated carbocycles. The highest BCUT2D eigenvalue weighted by atomic mass is 16.3. The Kier molecular flexibility index (Phi) is 6.71. The van der Waals surface area contributed by atoms with E-state index in [0.717, 1.165) is 18.8 Å². The minimum absolute atomic E-state index is 0.186. The molecular formula is C21H38O2. The molecule has 2 heteroatoms. The molecule has 7 atom stereocenters. The van der Waals surface area contributed by atoms with Gasteiger partial charge in [0.15, 0.2) is 0 Å². The topological polar surface area (TPSA) is 37.3 Å². The molecule has 23 heavy (non-hydrogen) atoms. The first kappa shape index (κ1) is 19.0. The van der Waals surface area contributed by atoms with Gasteiger partial charge in [0.05, 0.1) is 6.10 Å².